The van der Waals surface area contributed by atoms with E-state index in [0.717, 1.165) is 17.3 Å². The molecular weight excluding hydrogens is 324 g/mol. The summed E-state index contributed by atoms with van der Waals surface area (Å²) in [5.41, 5.74) is 1.32. The van der Waals surface area contributed by atoms with Gasteiger partial charge in [0.1, 0.15) is 5.82 Å². The highest BCUT2D eigenvalue weighted by Crippen LogP contribution is 2.35. The minimum atomic E-state index is 0.343. The first-order valence-corrected chi connectivity index (χ1v) is 9.85. The number of nitrogens with zero attached hydrogens (tertiary/aromatic N) is 2. The fourth-order valence-corrected chi connectivity index (χ4v) is 4.56. The van der Waals surface area contributed by atoms with Crippen LogP contribution in [0.2, 0.25) is 5.02 Å². The molecule has 4 heteroatoms. The Morgan fingerprint density at radius 3 is 2.52 bits per heavy atom. The van der Waals surface area contributed by atoms with Gasteiger partial charge < -0.3 is 4.90 Å². The highest BCUT2D eigenvalue weighted by molar-refractivity contribution is 7.99. The first-order chi connectivity index (χ1) is 11.3. The molecule has 0 aliphatic carbocycles. The summed E-state index contributed by atoms with van der Waals surface area (Å²) in [4.78, 5) is 7.20. The van der Waals surface area contributed by atoms with Crippen LogP contribution in [0.15, 0.2) is 48.7 Å². The van der Waals surface area contributed by atoms with Gasteiger partial charge in [0.25, 0.3) is 0 Å². The molecule has 0 saturated carbocycles. The zero-order valence-electron chi connectivity index (χ0n) is 13.5. The van der Waals surface area contributed by atoms with Gasteiger partial charge in [0.15, 0.2) is 0 Å². The molecule has 1 aromatic heterocycles. The maximum absolute atomic E-state index is 6.08. The summed E-state index contributed by atoms with van der Waals surface area (Å²) in [5, 5.41) is 0.794. The van der Waals surface area contributed by atoms with Crippen molar-refractivity contribution in [3.63, 3.8) is 0 Å². The highest BCUT2D eigenvalue weighted by atomic mass is 35.5. The van der Waals surface area contributed by atoms with Crippen LogP contribution in [-0.4, -0.2) is 22.5 Å². The van der Waals surface area contributed by atoms with E-state index in [1.807, 2.05) is 24.4 Å². The summed E-state index contributed by atoms with van der Waals surface area (Å²) < 4.78 is 0. The molecule has 2 nitrogen and oxygen atoms in total. The van der Waals surface area contributed by atoms with E-state index < -0.39 is 0 Å². The monoisotopic (exact) mass is 346 g/mol. The largest absolute Gasteiger partial charge is 0.347 e. The van der Waals surface area contributed by atoms with Crippen molar-refractivity contribution in [2.24, 2.45) is 0 Å². The summed E-state index contributed by atoms with van der Waals surface area (Å²) >= 11 is 8.14. The predicted molar refractivity (Wildman–Crippen MR) is 102 cm³/mol. The lowest BCUT2D eigenvalue weighted by Gasteiger charge is -2.41. The van der Waals surface area contributed by atoms with Gasteiger partial charge in [-0.25, -0.2) is 4.98 Å². The lowest BCUT2D eigenvalue weighted by atomic mass is 9.98. The van der Waals surface area contributed by atoms with E-state index >= 15 is 0 Å². The minimum Gasteiger partial charge on any atom is -0.347 e. The van der Waals surface area contributed by atoms with E-state index in [1.165, 1.54) is 29.9 Å². The van der Waals surface area contributed by atoms with Crippen molar-refractivity contribution in [3.05, 3.63) is 59.2 Å². The minimum absolute atomic E-state index is 0.343. The van der Waals surface area contributed by atoms with E-state index in [4.69, 9.17) is 11.6 Å². The topological polar surface area (TPSA) is 16.1 Å². The number of halogens is 1. The molecule has 0 N–H and O–H groups in total. The molecule has 1 atom stereocenters. The Kier molecular flexibility index (Phi) is 5.85. The lowest BCUT2D eigenvalue weighted by Crippen LogP contribution is -2.41. The van der Waals surface area contributed by atoms with Crippen LogP contribution in [0.5, 0.6) is 0 Å². The number of benzene rings is 1. The van der Waals surface area contributed by atoms with Gasteiger partial charge in [0, 0.05) is 17.3 Å². The molecule has 1 saturated heterocycles. The third-order valence-corrected chi connectivity index (χ3v) is 5.78. The van der Waals surface area contributed by atoms with Crippen molar-refractivity contribution in [1.82, 2.24) is 4.98 Å². The molecule has 0 spiro atoms. The molecule has 1 aromatic carbocycles. The summed E-state index contributed by atoms with van der Waals surface area (Å²) in [6.45, 7) is 2.26. The Bertz CT molecular complexity index is 597. The van der Waals surface area contributed by atoms with Crippen molar-refractivity contribution in [2.75, 3.05) is 16.4 Å². The molecule has 1 aliphatic heterocycles. The molecule has 0 amide bonds. The molecular formula is C19H23ClN2S. The number of thioether (sulfide) groups is 1. The van der Waals surface area contributed by atoms with Crippen LogP contribution in [-0.2, 0) is 0 Å². The SMILES string of the molecule is CCC(c1ccc(Cl)cc1)N(c1ccccn1)C1CCSCC1. The third-order valence-electron chi connectivity index (χ3n) is 4.48. The maximum Gasteiger partial charge on any atom is 0.129 e. The summed E-state index contributed by atoms with van der Waals surface area (Å²) in [6.07, 6.45) is 5.41. The first kappa shape index (κ1) is 16.7. The summed E-state index contributed by atoms with van der Waals surface area (Å²) in [6, 6.07) is 15.4. The molecule has 122 valence electrons. The molecule has 2 aromatic rings. The van der Waals surface area contributed by atoms with Gasteiger partial charge >= 0.3 is 0 Å². The van der Waals surface area contributed by atoms with Crippen LogP contribution in [0.1, 0.15) is 37.8 Å². The lowest BCUT2D eigenvalue weighted by molar-refractivity contribution is 0.475. The predicted octanol–water partition coefficient (Wildman–Crippen LogP) is 5.59. The van der Waals surface area contributed by atoms with Gasteiger partial charge in [-0.15, -0.1) is 0 Å². The van der Waals surface area contributed by atoms with E-state index in [1.54, 1.807) is 0 Å². The fraction of sp³-hybridized carbons (Fsp3) is 0.421. The molecule has 0 radical (unpaired) electrons. The molecule has 2 heterocycles. The zero-order chi connectivity index (χ0) is 16.1. The smallest absolute Gasteiger partial charge is 0.129 e. The third kappa shape index (κ3) is 4.02. The van der Waals surface area contributed by atoms with Crippen molar-refractivity contribution in [1.29, 1.82) is 0 Å². The second-order valence-corrected chi connectivity index (χ2v) is 7.58. The normalized spacial score (nSPS) is 17.0. The molecule has 23 heavy (non-hydrogen) atoms. The number of anilines is 1. The number of pyridine rings is 1. The summed E-state index contributed by atoms with van der Waals surface area (Å²) in [7, 11) is 0. The van der Waals surface area contributed by atoms with Crippen molar-refractivity contribution < 1.29 is 0 Å². The van der Waals surface area contributed by atoms with E-state index in [2.05, 4.69) is 52.8 Å². The van der Waals surface area contributed by atoms with Crippen LogP contribution >= 0.6 is 23.4 Å². The first-order valence-electron chi connectivity index (χ1n) is 8.32. The van der Waals surface area contributed by atoms with E-state index in [0.29, 0.717) is 12.1 Å². The van der Waals surface area contributed by atoms with Gasteiger partial charge in [-0.2, -0.15) is 11.8 Å². The van der Waals surface area contributed by atoms with Crippen LogP contribution in [0, 0.1) is 0 Å². The van der Waals surface area contributed by atoms with Gasteiger partial charge in [-0.3, -0.25) is 0 Å². The molecule has 1 aliphatic rings. The second-order valence-electron chi connectivity index (χ2n) is 5.91. The number of rotatable bonds is 5. The Hall–Kier alpha value is -1.19. The van der Waals surface area contributed by atoms with Crippen LogP contribution in [0.25, 0.3) is 0 Å². The Balaban J connectivity index is 1.96. The second kappa shape index (κ2) is 8.07. The fourth-order valence-electron chi connectivity index (χ4n) is 3.35. The van der Waals surface area contributed by atoms with Gasteiger partial charge in [-0.05, 0) is 60.6 Å². The highest BCUT2D eigenvalue weighted by Gasteiger charge is 2.29. The van der Waals surface area contributed by atoms with Gasteiger partial charge in [0.05, 0.1) is 6.04 Å². The van der Waals surface area contributed by atoms with Crippen molar-refractivity contribution in [3.8, 4) is 0 Å². The van der Waals surface area contributed by atoms with E-state index in [9.17, 15) is 0 Å². The molecule has 1 unspecified atom stereocenters. The Morgan fingerprint density at radius 2 is 1.91 bits per heavy atom. The average molecular weight is 347 g/mol. The Labute approximate surface area is 148 Å². The number of aromatic nitrogens is 1. The maximum atomic E-state index is 6.08. The zero-order valence-corrected chi connectivity index (χ0v) is 15.1. The molecule has 0 bridgehead atoms. The van der Waals surface area contributed by atoms with Gasteiger partial charge in [0.2, 0.25) is 0 Å². The molecule has 3 rings (SSSR count). The standard InChI is InChI=1S/C19H23ClN2S/c1-2-18(15-6-8-16(20)9-7-15)22(17-10-13-23-14-11-17)19-5-3-4-12-21-19/h3-9,12,17-18H,2,10-11,13-14H2,1H3. The van der Waals surface area contributed by atoms with Crippen LogP contribution < -0.4 is 4.90 Å². The summed E-state index contributed by atoms with van der Waals surface area (Å²) in [5.74, 6) is 3.57. The van der Waals surface area contributed by atoms with Crippen LogP contribution in [0.4, 0.5) is 5.82 Å². The van der Waals surface area contributed by atoms with Crippen molar-refractivity contribution in [2.45, 2.75) is 38.3 Å². The number of hydrogen-bond donors (Lipinski definition) is 0. The van der Waals surface area contributed by atoms with E-state index in [-0.39, 0.29) is 0 Å². The van der Waals surface area contributed by atoms with Gasteiger partial charge in [-0.1, -0.05) is 36.7 Å². The van der Waals surface area contributed by atoms with Crippen LogP contribution in [0.3, 0.4) is 0 Å². The van der Waals surface area contributed by atoms with Crippen molar-refractivity contribution >= 4 is 29.2 Å². The molecule has 1 fully saturated rings. The Morgan fingerprint density at radius 1 is 1.17 bits per heavy atom. The average Bonchev–Trinajstić information content (AvgIpc) is 2.62. The number of hydrogen-bond acceptors (Lipinski definition) is 3. The quantitative estimate of drug-likeness (QED) is 0.702.